The average Bonchev–Trinajstić information content (AvgIpc) is 2.71. The van der Waals surface area contributed by atoms with E-state index in [2.05, 4.69) is 5.32 Å². The molecule has 0 unspecified atom stereocenters. The number of thioether (sulfide) groups is 1. The van der Waals surface area contributed by atoms with E-state index in [1.165, 1.54) is 32.1 Å². The topological polar surface area (TPSA) is 38.3 Å². The van der Waals surface area contributed by atoms with Gasteiger partial charge < -0.3 is 10.1 Å². The molecule has 3 nitrogen and oxygen atoms in total. The normalized spacial score (nSPS) is 14.7. The van der Waals surface area contributed by atoms with Crippen molar-refractivity contribution in [2.75, 3.05) is 12.3 Å². The van der Waals surface area contributed by atoms with Crippen LogP contribution < -0.4 is 10.1 Å². The Balaban J connectivity index is 1.52. The number of carbonyl (C=O) groups is 1. The molecule has 0 aromatic heterocycles. The van der Waals surface area contributed by atoms with Crippen molar-refractivity contribution in [1.82, 2.24) is 5.32 Å². The van der Waals surface area contributed by atoms with Gasteiger partial charge in [0.1, 0.15) is 12.4 Å². The minimum Gasteiger partial charge on any atom is -0.488 e. The number of rotatable bonds is 8. The van der Waals surface area contributed by atoms with Gasteiger partial charge in [-0.05, 0) is 36.6 Å². The number of halogens is 1. The fourth-order valence-corrected chi connectivity index (χ4v) is 4.65. The lowest BCUT2D eigenvalue weighted by Crippen LogP contribution is -2.27. The maximum absolute atomic E-state index is 12.6. The van der Waals surface area contributed by atoms with E-state index in [0.29, 0.717) is 29.5 Å². The van der Waals surface area contributed by atoms with Crippen LogP contribution in [0.2, 0.25) is 5.02 Å². The molecule has 0 bridgehead atoms. The summed E-state index contributed by atoms with van der Waals surface area (Å²) in [4.78, 5) is 12.6. The van der Waals surface area contributed by atoms with Crippen LogP contribution in [0.5, 0.6) is 5.75 Å². The van der Waals surface area contributed by atoms with Crippen molar-refractivity contribution < 1.29 is 9.53 Å². The zero-order valence-corrected chi connectivity index (χ0v) is 17.0. The Morgan fingerprint density at radius 2 is 1.89 bits per heavy atom. The monoisotopic (exact) mass is 403 g/mol. The molecule has 1 amide bonds. The summed E-state index contributed by atoms with van der Waals surface area (Å²) in [5, 5.41) is 4.29. The minimum atomic E-state index is -0.134. The van der Waals surface area contributed by atoms with E-state index in [1.807, 2.05) is 42.1 Å². The third-order valence-electron chi connectivity index (χ3n) is 4.72. The van der Waals surface area contributed by atoms with Crippen LogP contribution in [0.1, 0.15) is 48.0 Å². The molecule has 1 aliphatic carbocycles. The first kappa shape index (κ1) is 20.1. The lowest BCUT2D eigenvalue weighted by Gasteiger charge is -2.21. The highest BCUT2D eigenvalue weighted by atomic mass is 35.5. The molecular formula is C22H26ClNO2S. The van der Waals surface area contributed by atoms with Crippen molar-refractivity contribution in [2.45, 2.75) is 44.0 Å². The van der Waals surface area contributed by atoms with E-state index in [4.69, 9.17) is 16.3 Å². The first-order valence-electron chi connectivity index (χ1n) is 9.58. The Hall–Kier alpha value is -1.65. The van der Waals surface area contributed by atoms with Crippen molar-refractivity contribution >= 4 is 29.3 Å². The summed E-state index contributed by atoms with van der Waals surface area (Å²) in [5.41, 5.74) is 1.55. The molecule has 1 saturated carbocycles. The predicted octanol–water partition coefficient (Wildman–Crippen LogP) is 5.71. The SMILES string of the molecule is O=C(NCCSC1CCCCC1)c1cc(Cl)ccc1OCc1ccccc1. The van der Waals surface area contributed by atoms with Crippen molar-refractivity contribution in [3.63, 3.8) is 0 Å². The van der Waals surface area contributed by atoms with Crippen LogP contribution in [0.15, 0.2) is 48.5 Å². The van der Waals surface area contributed by atoms with E-state index in [9.17, 15) is 4.79 Å². The van der Waals surface area contributed by atoms with Crippen molar-refractivity contribution in [1.29, 1.82) is 0 Å². The van der Waals surface area contributed by atoms with E-state index in [0.717, 1.165) is 16.6 Å². The first-order valence-corrected chi connectivity index (χ1v) is 11.0. The van der Waals surface area contributed by atoms with E-state index in [1.54, 1.807) is 18.2 Å². The number of benzene rings is 2. The van der Waals surface area contributed by atoms with Gasteiger partial charge in [0.15, 0.2) is 0 Å². The first-order chi connectivity index (χ1) is 13.2. The fourth-order valence-electron chi connectivity index (χ4n) is 3.26. The highest BCUT2D eigenvalue weighted by Crippen LogP contribution is 2.28. The molecule has 27 heavy (non-hydrogen) atoms. The third-order valence-corrected chi connectivity index (χ3v) is 6.33. The molecular weight excluding hydrogens is 378 g/mol. The van der Waals surface area contributed by atoms with Gasteiger partial charge in [0, 0.05) is 22.6 Å². The maximum atomic E-state index is 12.6. The lowest BCUT2D eigenvalue weighted by atomic mass is 10.0. The highest BCUT2D eigenvalue weighted by molar-refractivity contribution is 7.99. The van der Waals surface area contributed by atoms with Gasteiger partial charge in [-0.3, -0.25) is 4.79 Å². The summed E-state index contributed by atoms with van der Waals surface area (Å²) in [6, 6.07) is 15.1. The van der Waals surface area contributed by atoms with Crippen LogP contribution in [-0.4, -0.2) is 23.5 Å². The van der Waals surface area contributed by atoms with Gasteiger partial charge in [-0.25, -0.2) is 0 Å². The number of carbonyl (C=O) groups excluding carboxylic acids is 1. The largest absolute Gasteiger partial charge is 0.488 e. The summed E-state index contributed by atoms with van der Waals surface area (Å²) in [7, 11) is 0. The number of hydrogen-bond donors (Lipinski definition) is 1. The Labute approximate surface area is 170 Å². The zero-order valence-electron chi connectivity index (χ0n) is 15.5. The molecule has 2 aromatic carbocycles. The van der Waals surface area contributed by atoms with Crippen LogP contribution in [0.3, 0.4) is 0 Å². The molecule has 1 fully saturated rings. The molecule has 1 N–H and O–H groups in total. The van der Waals surface area contributed by atoms with Crippen molar-refractivity contribution in [3.05, 3.63) is 64.7 Å². The van der Waals surface area contributed by atoms with E-state index in [-0.39, 0.29) is 5.91 Å². The third kappa shape index (κ3) is 6.47. The molecule has 2 aromatic rings. The Morgan fingerprint density at radius 3 is 2.67 bits per heavy atom. The van der Waals surface area contributed by atoms with Gasteiger partial charge in [0.25, 0.3) is 5.91 Å². The lowest BCUT2D eigenvalue weighted by molar-refractivity contribution is 0.0951. The number of nitrogens with one attached hydrogen (secondary N) is 1. The van der Waals surface area contributed by atoms with Gasteiger partial charge in [-0.1, -0.05) is 61.2 Å². The zero-order chi connectivity index (χ0) is 18.9. The summed E-state index contributed by atoms with van der Waals surface area (Å²) < 4.78 is 5.88. The maximum Gasteiger partial charge on any atom is 0.255 e. The summed E-state index contributed by atoms with van der Waals surface area (Å²) in [5.74, 6) is 1.36. The second-order valence-electron chi connectivity index (χ2n) is 6.80. The molecule has 144 valence electrons. The quantitative estimate of drug-likeness (QED) is 0.573. The van der Waals surface area contributed by atoms with Gasteiger partial charge in [0.2, 0.25) is 0 Å². The molecule has 5 heteroatoms. The van der Waals surface area contributed by atoms with Crippen molar-refractivity contribution in [2.24, 2.45) is 0 Å². The standard InChI is InChI=1S/C22H26ClNO2S/c23-18-11-12-21(26-16-17-7-3-1-4-8-17)20(15-18)22(25)24-13-14-27-19-9-5-2-6-10-19/h1,3-4,7-8,11-12,15,19H,2,5-6,9-10,13-14,16H2,(H,24,25). The second-order valence-corrected chi connectivity index (χ2v) is 8.65. The van der Waals surface area contributed by atoms with E-state index < -0.39 is 0 Å². The van der Waals surface area contributed by atoms with Gasteiger partial charge in [-0.15, -0.1) is 0 Å². The molecule has 1 aliphatic rings. The molecule has 0 atom stereocenters. The Bertz CT molecular complexity index is 732. The molecule has 0 aliphatic heterocycles. The molecule has 0 heterocycles. The second kappa shape index (κ2) is 10.6. The number of hydrogen-bond acceptors (Lipinski definition) is 3. The van der Waals surface area contributed by atoms with Crippen LogP contribution in [0.4, 0.5) is 0 Å². The van der Waals surface area contributed by atoms with Gasteiger partial charge >= 0.3 is 0 Å². The van der Waals surface area contributed by atoms with Crippen LogP contribution in [0, 0.1) is 0 Å². The smallest absolute Gasteiger partial charge is 0.255 e. The molecule has 0 spiro atoms. The van der Waals surface area contributed by atoms with Gasteiger partial charge in [0.05, 0.1) is 5.56 Å². The molecule has 0 saturated heterocycles. The molecule has 3 rings (SSSR count). The van der Waals surface area contributed by atoms with Crippen molar-refractivity contribution in [3.8, 4) is 5.75 Å². The summed E-state index contributed by atoms with van der Waals surface area (Å²) in [6.45, 7) is 1.07. The van der Waals surface area contributed by atoms with Crippen LogP contribution >= 0.6 is 23.4 Å². The average molecular weight is 404 g/mol. The van der Waals surface area contributed by atoms with E-state index >= 15 is 0 Å². The summed E-state index contributed by atoms with van der Waals surface area (Å²) in [6.07, 6.45) is 6.67. The number of amides is 1. The van der Waals surface area contributed by atoms with Crippen LogP contribution in [0.25, 0.3) is 0 Å². The van der Waals surface area contributed by atoms with Gasteiger partial charge in [-0.2, -0.15) is 11.8 Å². The summed E-state index contributed by atoms with van der Waals surface area (Å²) >= 11 is 8.08. The fraction of sp³-hybridized carbons (Fsp3) is 0.409. The van der Waals surface area contributed by atoms with Crippen LogP contribution in [-0.2, 0) is 6.61 Å². The molecule has 0 radical (unpaired) electrons. The Kier molecular flexibility index (Phi) is 7.91. The Morgan fingerprint density at radius 1 is 1.11 bits per heavy atom. The predicted molar refractivity (Wildman–Crippen MR) is 114 cm³/mol. The highest BCUT2D eigenvalue weighted by Gasteiger charge is 2.15. The number of ether oxygens (including phenoxy) is 1. The minimum absolute atomic E-state index is 0.134.